The van der Waals surface area contributed by atoms with Gasteiger partial charge in [-0.1, -0.05) is 13.1 Å². The molecule has 1 radical (unpaired) electrons. The summed E-state index contributed by atoms with van der Waals surface area (Å²) in [5, 5.41) is 0. The van der Waals surface area contributed by atoms with Gasteiger partial charge in [-0.3, -0.25) is 4.18 Å². The summed E-state index contributed by atoms with van der Waals surface area (Å²) in [6, 6.07) is 0. The van der Waals surface area contributed by atoms with Gasteiger partial charge < -0.3 is 0 Å². The van der Waals surface area contributed by atoms with Gasteiger partial charge in [0.05, 0.1) is 6.10 Å². The van der Waals surface area contributed by atoms with Crippen LogP contribution in [0.25, 0.3) is 0 Å². The average Bonchev–Trinajstić information content (AvgIpc) is 1.83. The molecule has 0 saturated heterocycles. The van der Waals surface area contributed by atoms with Gasteiger partial charge in [0.15, 0.2) is 0 Å². The zero-order valence-electron chi connectivity index (χ0n) is 7.13. The largest absolute Gasteiger partial charge is 0.523 e. The first-order valence-electron chi connectivity index (χ1n) is 3.48. The van der Waals surface area contributed by atoms with Gasteiger partial charge in [-0.05, 0) is 6.92 Å². The van der Waals surface area contributed by atoms with E-state index in [2.05, 4.69) is 4.18 Å². The van der Waals surface area contributed by atoms with Gasteiger partial charge in [0.25, 0.3) is 0 Å². The van der Waals surface area contributed by atoms with Crippen LogP contribution in [0.5, 0.6) is 0 Å². The van der Waals surface area contributed by atoms with E-state index < -0.39 is 21.7 Å². The highest BCUT2D eigenvalue weighted by molar-refractivity contribution is 7.87. The SMILES string of the molecule is C[B]CC(C)OS(=O)(=O)C(F)(F)F. The van der Waals surface area contributed by atoms with Gasteiger partial charge in [0.2, 0.25) is 0 Å². The fourth-order valence-electron chi connectivity index (χ4n) is 0.642. The molecule has 0 rings (SSSR count). The summed E-state index contributed by atoms with van der Waals surface area (Å²) in [6.45, 7) is 2.85. The van der Waals surface area contributed by atoms with E-state index in [0.29, 0.717) is 0 Å². The second kappa shape index (κ2) is 4.32. The first-order valence-corrected chi connectivity index (χ1v) is 4.89. The highest BCUT2D eigenvalue weighted by atomic mass is 32.2. The van der Waals surface area contributed by atoms with E-state index >= 15 is 0 Å². The Hall–Kier alpha value is -0.235. The molecule has 0 heterocycles. The monoisotopic (exact) mass is 217 g/mol. The molecule has 8 heteroatoms. The molecule has 0 spiro atoms. The number of rotatable bonds is 4. The standard InChI is InChI=1S/C5H9BF3O3S/c1-4(3-6-2)12-13(10,11)5(7,8)9/h4H,3H2,1-2H3. The maximum absolute atomic E-state index is 11.7. The lowest BCUT2D eigenvalue weighted by Gasteiger charge is -2.13. The fraction of sp³-hybridized carbons (Fsp3) is 1.00. The minimum Gasteiger partial charge on any atom is -0.261 e. The molecule has 0 N–H and O–H groups in total. The van der Waals surface area contributed by atoms with Crippen LogP contribution in [0, 0.1) is 0 Å². The minimum absolute atomic E-state index is 0.148. The molecule has 0 aliphatic heterocycles. The molecule has 3 nitrogen and oxygen atoms in total. The van der Waals surface area contributed by atoms with Crippen molar-refractivity contribution in [2.75, 3.05) is 0 Å². The Morgan fingerprint density at radius 3 is 2.23 bits per heavy atom. The van der Waals surface area contributed by atoms with Crippen molar-refractivity contribution < 1.29 is 25.8 Å². The van der Waals surface area contributed by atoms with E-state index in [1.165, 1.54) is 14.2 Å². The second-order valence-corrected chi connectivity index (χ2v) is 4.01. The van der Waals surface area contributed by atoms with Crippen LogP contribution in [0.15, 0.2) is 0 Å². The van der Waals surface area contributed by atoms with Crippen molar-refractivity contribution in [1.82, 2.24) is 0 Å². The highest BCUT2D eigenvalue weighted by Gasteiger charge is 2.47. The predicted molar refractivity (Wildman–Crippen MR) is 41.9 cm³/mol. The van der Waals surface area contributed by atoms with Crippen molar-refractivity contribution >= 4 is 17.4 Å². The summed E-state index contributed by atoms with van der Waals surface area (Å²) in [7, 11) is -3.91. The predicted octanol–water partition coefficient (Wildman–Crippen LogP) is 1.41. The van der Waals surface area contributed by atoms with Crippen LogP contribution >= 0.6 is 0 Å². The molecule has 0 aliphatic carbocycles. The van der Waals surface area contributed by atoms with E-state index in [-0.39, 0.29) is 6.32 Å². The molecule has 0 saturated carbocycles. The summed E-state index contributed by atoms with van der Waals surface area (Å²) < 4.78 is 59.7. The molecule has 0 amide bonds. The van der Waals surface area contributed by atoms with E-state index in [1.807, 2.05) is 0 Å². The van der Waals surface area contributed by atoms with Crippen molar-refractivity contribution in [2.24, 2.45) is 0 Å². The number of halogens is 3. The molecule has 0 aromatic heterocycles. The normalized spacial score (nSPS) is 15.5. The van der Waals surface area contributed by atoms with Crippen LogP contribution in [0.3, 0.4) is 0 Å². The van der Waals surface area contributed by atoms with Crippen LogP contribution in [0.2, 0.25) is 13.1 Å². The zero-order valence-corrected chi connectivity index (χ0v) is 7.95. The number of hydrogen-bond donors (Lipinski definition) is 0. The Balaban J connectivity index is 4.36. The maximum atomic E-state index is 11.7. The molecular weight excluding hydrogens is 208 g/mol. The highest BCUT2D eigenvalue weighted by Crippen LogP contribution is 2.26. The quantitative estimate of drug-likeness (QED) is 0.406. The minimum atomic E-state index is -5.44. The Labute approximate surface area is 75.6 Å². The van der Waals surface area contributed by atoms with Crippen molar-refractivity contribution in [3.05, 3.63) is 0 Å². The molecule has 0 aromatic rings. The summed E-state index contributed by atoms with van der Waals surface area (Å²) >= 11 is 0. The Morgan fingerprint density at radius 2 is 1.92 bits per heavy atom. The van der Waals surface area contributed by atoms with Gasteiger partial charge in [-0.25, -0.2) is 0 Å². The molecular formula is C5H9BF3O3S. The van der Waals surface area contributed by atoms with Gasteiger partial charge in [-0.15, -0.1) is 0 Å². The third kappa shape index (κ3) is 3.99. The number of alkyl halides is 3. The van der Waals surface area contributed by atoms with Crippen molar-refractivity contribution in [3.63, 3.8) is 0 Å². The van der Waals surface area contributed by atoms with Gasteiger partial charge >= 0.3 is 15.6 Å². The summed E-state index contributed by atoms with van der Waals surface area (Å²) in [6.07, 6.45) is -0.841. The molecule has 0 fully saturated rings. The number of hydrogen-bond acceptors (Lipinski definition) is 3. The molecule has 0 aliphatic rings. The third-order valence-corrected chi connectivity index (χ3v) is 2.29. The van der Waals surface area contributed by atoms with Crippen molar-refractivity contribution in [3.8, 4) is 0 Å². The second-order valence-electron chi connectivity index (χ2n) is 2.45. The van der Waals surface area contributed by atoms with Crippen LogP contribution in [0.4, 0.5) is 13.2 Å². The molecule has 0 bridgehead atoms. The van der Waals surface area contributed by atoms with Crippen molar-refractivity contribution in [2.45, 2.75) is 31.7 Å². The van der Waals surface area contributed by atoms with E-state index in [9.17, 15) is 21.6 Å². The summed E-state index contributed by atoms with van der Waals surface area (Å²) in [4.78, 5) is 0. The van der Waals surface area contributed by atoms with E-state index in [4.69, 9.17) is 0 Å². The molecule has 77 valence electrons. The van der Waals surface area contributed by atoms with E-state index in [1.54, 1.807) is 6.82 Å². The Kier molecular flexibility index (Phi) is 4.24. The lowest BCUT2D eigenvalue weighted by atomic mass is 9.76. The topological polar surface area (TPSA) is 43.4 Å². The van der Waals surface area contributed by atoms with Crippen LogP contribution in [-0.4, -0.2) is 27.3 Å². The molecule has 1 unspecified atom stereocenters. The zero-order chi connectivity index (χ0) is 10.7. The molecule has 0 aromatic carbocycles. The maximum Gasteiger partial charge on any atom is 0.523 e. The van der Waals surface area contributed by atoms with Crippen molar-refractivity contribution in [1.29, 1.82) is 0 Å². The van der Waals surface area contributed by atoms with Crippen LogP contribution in [-0.2, 0) is 14.3 Å². The first-order chi connectivity index (χ1) is 5.70. The fourth-order valence-corrected chi connectivity index (χ4v) is 1.26. The first kappa shape index (κ1) is 12.8. The van der Waals surface area contributed by atoms with Crippen LogP contribution in [0.1, 0.15) is 6.92 Å². The van der Waals surface area contributed by atoms with E-state index in [0.717, 1.165) is 0 Å². The van der Waals surface area contributed by atoms with Crippen LogP contribution < -0.4 is 0 Å². The summed E-state index contributed by atoms with van der Waals surface area (Å²) in [5.41, 5.74) is -5.34. The molecule has 1 atom stereocenters. The van der Waals surface area contributed by atoms with Gasteiger partial charge in [-0.2, -0.15) is 21.6 Å². The Bertz CT molecular complexity index is 248. The lowest BCUT2D eigenvalue weighted by molar-refractivity contribution is -0.0562. The third-order valence-electron chi connectivity index (χ3n) is 1.14. The van der Waals surface area contributed by atoms with Gasteiger partial charge in [0.1, 0.15) is 7.28 Å². The molecule has 13 heavy (non-hydrogen) atoms. The lowest BCUT2D eigenvalue weighted by Crippen LogP contribution is -2.29. The summed E-state index contributed by atoms with van der Waals surface area (Å²) in [5.74, 6) is 0. The average molecular weight is 217 g/mol. The smallest absolute Gasteiger partial charge is 0.261 e. The van der Waals surface area contributed by atoms with Gasteiger partial charge in [0, 0.05) is 0 Å². The Morgan fingerprint density at radius 1 is 1.46 bits per heavy atom.